The van der Waals surface area contributed by atoms with Gasteiger partial charge in [-0.3, -0.25) is 4.55 Å². The third-order valence-electron chi connectivity index (χ3n) is 3.93. The number of hydrogen-bond acceptors (Lipinski definition) is 4. The second-order valence-electron chi connectivity index (χ2n) is 5.96. The molecule has 7 heteroatoms. The molecule has 0 saturated heterocycles. The molecule has 0 saturated carbocycles. The van der Waals surface area contributed by atoms with Crippen molar-refractivity contribution in [2.24, 2.45) is 0 Å². The van der Waals surface area contributed by atoms with Crippen LogP contribution in [0.5, 0.6) is 17.2 Å². The maximum absolute atomic E-state index is 12.0. The molecule has 0 atom stereocenters. The summed E-state index contributed by atoms with van der Waals surface area (Å²) in [5.41, 5.74) is 0.604. The van der Waals surface area contributed by atoms with E-state index in [2.05, 4.69) is 6.92 Å². The van der Waals surface area contributed by atoms with Gasteiger partial charge in [0.15, 0.2) is 0 Å². The first-order valence-corrected chi connectivity index (χ1v) is 9.90. The summed E-state index contributed by atoms with van der Waals surface area (Å²) in [7, 11) is -4.55. The fourth-order valence-corrected chi connectivity index (χ4v) is 3.21. The quantitative estimate of drug-likeness (QED) is 0.399. The molecule has 5 nitrogen and oxygen atoms in total. The molecular formula is C19H23NaO5S. The zero-order valence-electron chi connectivity index (χ0n) is 15.3. The van der Waals surface area contributed by atoms with Crippen LogP contribution in [0.3, 0.4) is 0 Å². The number of hydrogen-bond donors (Lipinski definition) is 1. The van der Waals surface area contributed by atoms with E-state index in [-0.39, 0.29) is 29.6 Å². The number of ether oxygens (including phenoxy) is 1. The monoisotopic (exact) mass is 386 g/mol. The van der Waals surface area contributed by atoms with Gasteiger partial charge in [0, 0.05) is 0 Å². The summed E-state index contributed by atoms with van der Waals surface area (Å²) in [5, 5.41) is 12.0. The molecule has 0 aliphatic carbocycles. The summed E-state index contributed by atoms with van der Waals surface area (Å²) in [6.45, 7) is 2.14. The van der Waals surface area contributed by atoms with Crippen molar-refractivity contribution in [3.8, 4) is 17.2 Å². The minimum Gasteiger partial charge on any atom is -0.871 e. The maximum atomic E-state index is 12.0. The van der Waals surface area contributed by atoms with Crippen molar-refractivity contribution in [2.45, 2.75) is 50.3 Å². The second-order valence-corrected chi connectivity index (χ2v) is 7.35. The number of rotatable bonds is 9. The Morgan fingerprint density at radius 2 is 1.69 bits per heavy atom. The van der Waals surface area contributed by atoms with Gasteiger partial charge in [0.2, 0.25) is 0 Å². The molecule has 2 aromatic rings. The SMILES string of the molecule is CCCCCCCc1cc(S(=O)(=O)O)c([O-])cc1Oc1ccccc1.[Na+]. The zero-order chi connectivity index (χ0) is 18.3. The van der Waals surface area contributed by atoms with Gasteiger partial charge < -0.3 is 9.84 Å². The van der Waals surface area contributed by atoms with Crippen molar-refractivity contribution in [1.82, 2.24) is 0 Å². The molecule has 0 radical (unpaired) electrons. The predicted molar refractivity (Wildman–Crippen MR) is 94.7 cm³/mol. The fourth-order valence-electron chi connectivity index (χ4n) is 2.61. The maximum Gasteiger partial charge on any atom is 1.00 e. The second kappa shape index (κ2) is 10.9. The van der Waals surface area contributed by atoms with Crippen LogP contribution < -0.4 is 39.4 Å². The molecular weight excluding hydrogens is 363 g/mol. The molecule has 0 aliphatic rings. The summed E-state index contributed by atoms with van der Waals surface area (Å²) < 4.78 is 37.8. The van der Waals surface area contributed by atoms with Crippen molar-refractivity contribution >= 4 is 10.1 Å². The van der Waals surface area contributed by atoms with Crippen LogP contribution in [0.25, 0.3) is 0 Å². The summed E-state index contributed by atoms with van der Waals surface area (Å²) in [5.74, 6) is 0.121. The van der Waals surface area contributed by atoms with E-state index in [1.807, 2.05) is 18.2 Å². The molecule has 0 spiro atoms. The average Bonchev–Trinajstić information content (AvgIpc) is 2.56. The normalized spacial score (nSPS) is 11.0. The molecule has 26 heavy (non-hydrogen) atoms. The van der Waals surface area contributed by atoms with Gasteiger partial charge in [-0.2, -0.15) is 8.42 Å². The van der Waals surface area contributed by atoms with E-state index in [1.165, 1.54) is 6.07 Å². The zero-order valence-corrected chi connectivity index (χ0v) is 18.1. The van der Waals surface area contributed by atoms with Gasteiger partial charge in [-0.1, -0.05) is 56.6 Å². The van der Waals surface area contributed by atoms with Gasteiger partial charge in [-0.15, -0.1) is 0 Å². The summed E-state index contributed by atoms with van der Waals surface area (Å²) in [6, 6.07) is 11.3. The van der Waals surface area contributed by atoms with Gasteiger partial charge in [0.05, 0.1) is 4.90 Å². The van der Waals surface area contributed by atoms with Crippen LogP contribution in [0, 0.1) is 0 Å². The Balaban J connectivity index is 0.00000338. The number of para-hydroxylation sites is 1. The number of benzene rings is 2. The molecule has 0 fully saturated rings. The minimum atomic E-state index is -4.55. The molecule has 0 heterocycles. The van der Waals surface area contributed by atoms with Crippen LogP contribution in [0.2, 0.25) is 0 Å². The van der Waals surface area contributed by atoms with Crippen LogP contribution >= 0.6 is 0 Å². The summed E-state index contributed by atoms with van der Waals surface area (Å²) >= 11 is 0. The Bertz CT molecular complexity index is 791. The average molecular weight is 386 g/mol. The molecule has 0 unspecified atom stereocenters. The summed E-state index contributed by atoms with van der Waals surface area (Å²) in [4.78, 5) is -0.600. The van der Waals surface area contributed by atoms with Gasteiger partial charge in [0.25, 0.3) is 10.1 Å². The smallest absolute Gasteiger partial charge is 0.871 e. The van der Waals surface area contributed by atoms with Crippen LogP contribution in [0.4, 0.5) is 0 Å². The van der Waals surface area contributed by atoms with E-state index in [1.54, 1.807) is 12.1 Å². The Hall–Kier alpha value is -1.05. The van der Waals surface area contributed by atoms with Crippen molar-refractivity contribution in [1.29, 1.82) is 0 Å². The van der Waals surface area contributed by atoms with Crippen LogP contribution in [0.1, 0.15) is 44.6 Å². The van der Waals surface area contributed by atoms with Crippen molar-refractivity contribution in [3.63, 3.8) is 0 Å². The van der Waals surface area contributed by atoms with Gasteiger partial charge in [-0.25, -0.2) is 0 Å². The molecule has 2 rings (SSSR count). The van der Waals surface area contributed by atoms with E-state index in [0.717, 1.165) is 38.2 Å². The van der Waals surface area contributed by atoms with E-state index in [4.69, 9.17) is 4.74 Å². The molecule has 0 amide bonds. The largest absolute Gasteiger partial charge is 1.00 e. The molecule has 0 aromatic heterocycles. The molecule has 1 N–H and O–H groups in total. The first kappa shape index (κ1) is 23.0. The summed E-state index contributed by atoms with van der Waals surface area (Å²) in [6.07, 6.45) is 5.85. The van der Waals surface area contributed by atoms with E-state index < -0.39 is 20.8 Å². The van der Waals surface area contributed by atoms with E-state index >= 15 is 0 Å². The van der Waals surface area contributed by atoms with Crippen molar-refractivity contribution in [3.05, 3.63) is 48.0 Å². The van der Waals surface area contributed by atoms with Crippen LogP contribution in [0.15, 0.2) is 47.4 Å². The number of unbranched alkanes of at least 4 members (excludes halogenated alkanes) is 4. The third kappa shape index (κ3) is 6.93. The molecule has 0 bridgehead atoms. The fraction of sp³-hybridized carbons (Fsp3) is 0.368. The van der Waals surface area contributed by atoms with Crippen LogP contribution in [-0.2, 0) is 16.5 Å². The van der Waals surface area contributed by atoms with E-state index in [0.29, 0.717) is 23.5 Å². The number of aryl methyl sites for hydroxylation is 1. The van der Waals surface area contributed by atoms with Gasteiger partial charge >= 0.3 is 29.6 Å². The standard InChI is InChI=1S/C19H24O5S.Na/c1-2-3-4-5-7-10-15-13-19(25(21,22)23)17(20)14-18(15)24-16-11-8-6-9-12-16;/h6,8-9,11-14,20H,2-5,7,10H2,1H3,(H,21,22,23);/q;+1/p-1. The van der Waals surface area contributed by atoms with Gasteiger partial charge in [0.1, 0.15) is 11.5 Å². The minimum absolute atomic E-state index is 0. The Morgan fingerprint density at radius 3 is 2.31 bits per heavy atom. The Kier molecular flexibility index (Phi) is 9.68. The third-order valence-corrected chi connectivity index (χ3v) is 4.80. The predicted octanol–water partition coefficient (Wildman–Crippen LogP) is 1.32. The Labute approximate surface area is 177 Å². The first-order valence-electron chi connectivity index (χ1n) is 8.46. The molecule has 136 valence electrons. The van der Waals surface area contributed by atoms with Crippen molar-refractivity contribution < 1.29 is 52.4 Å². The molecule has 2 aromatic carbocycles. The van der Waals surface area contributed by atoms with Crippen molar-refractivity contribution in [2.75, 3.05) is 0 Å². The first-order chi connectivity index (χ1) is 11.9. The van der Waals surface area contributed by atoms with E-state index in [9.17, 15) is 18.1 Å². The topological polar surface area (TPSA) is 86.7 Å². The molecule has 0 aliphatic heterocycles. The van der Waals surface area contributed by atoms with Crippen LogP contribution in [-0.4, -0.2) is 13.0 Å². The Morgan fingerprint density at radius 1 is 1.04 bits per heavy atom. The van der Waals surface area contributed by atoms with Gasteiger partial charge in [-0.05, 0) is 42.7 Å².